The Kier molecular flexibility index (Phi) is 7.83. The topological polar surface area (TPSA) is 79.3 Å². The number of carboxylic acid groups (broad SMARTS) is 1. The second-order valence-corrected chi connectivity index (χ2v) is 11.8. The Morgan fingerprint density at radius 1 is 0.972 bits per heavy atom. The van der Waals surface area contributed by atoms with Gasteiger partial charge in [0, 0.05) is 21.2 Å². The smallest absolute Gasteiger partial charge is 0.319 e. The minimum absolute atomic E-state index is 0.290. The predicted molar refractivity (Wildman–Crippen MR) is 149 cm³/mol. The second kappa shape index (κ2) is 10.9. The van der Waals surface area contributed by atoms with E-state index >= 15 is 0 Å². The number of amides is 1. The summed E-state index contributed by atoms with van der Waals surface area (Å²) in [7, 11) is 0. The number of nitrogens with zero attached hydrogens (tertiary/aromatic N) is 1. The minimum Gasteiger partial charge on any atom is -0.480 e. The lowest BCUT2D eigenvalue weighted by atomic mass is 10.1. The highest BCUT2D eigenvalue weighted by atomic mass is 35.5. The van der Waals surface area contributed by atoms with Crippen molar-refractivity contribution in [2.75, 3.05) is 5.32 Å². The van der Waals surface area contributed by atoms with Gasteiger partial charge in [0.25, 0.3) is 5.91 Å². The van der Waals surface area contributed by atoms with Crippen LogP contribution in [0, 0.1) is 0 Å². The van der Waals surface area contributed by atoms with Crippen molar-refractivity contribution in [1.82, 2.24) is 4.98 Å². The quantitative estimate of drug-likeness (QED) is 0.224. The molecule has 2 N–H and O–H groups in total. The normalized spacial score (nSPS) is 11.3. The monoisotopic (exact) mass is 536 g/mol. The molecule has 0 bridgehead atoms. The molecule has 1 heterocycles. The minimum atomic E-state index is -0.939. The fourth-order valence-corrected chi connectivity index (χ4v) is 5.56. The summed E-state index contributed by atoms with van der Waals surface area (Å²) < 4.78 is -0.939. The van der Waals surface area contributed by atoms with Gasteiger partial charge in [-0.15, -0.1) is 23.1 Å². The molecule has 0 fully saturated rings. The zero-order valence-corrected chi connectivity index (χ0v) is 22.4. The maximum atomic E-state index is 13.3. The Bertz CT molecular complexity index is 1380. The van der Waals surface area contributed by atoms with Crippen molar-refractivity contribution in [3.63, 3.8) is 0 Å². The molecule has 0 saturated heterocycles. The molecule has 5 nitrogen and oxygen atoms in total. The van der Waals surface area contributed by atoms with Crippen LogP contribution in [0.4, 0.5) is 5.69 Å². The standard InChI is InChI=1S/C28H25ClN2O3S2/c1-4-17-5-13-21(14-6-17)30-25(32)23-24(18-7-11-20(29)12-8-18)35-26(31-23)19-9-15-22(16-10-19)36-28(2,3)27(33)34/h5-16H,4H2,1-3H3,(H,30,32)(H,33,34). The van der Waals surface area contributed by atoms with Gasteiger partial charge in [0.15, 0.2) is 0 Å². The Balaban J connectivity index is 1.66. The SMILES string of the molecule is CCc1ccc(NC(=O)c2nc(-c3ccc(SC(C)(C)C(=O)O)cc3)sc2-c2ccc(Cl)cc2)cc1. The molecular weight excluding hydrogens is 512 g/mol. The van der Waals surface area contributed by atoms with Crippen LogP contribution < -0.4 is 5.32 Å². The molecule has 4 rings (SSSR count). The highest BCUT2D eigenvalue weighted by molar-refractivity contribution is 8.01. The Hall–Kier alpha value is -3.13. The number of halogens is 1. The molecule has 4 aromatic rings. The van der Waals surface area contributed by atoms with Crippen molar-refractivity contribution < 1.29 is 14.7 Å². The van der Waals surface area contributed by atoms with Crippen molar-refractivity contribution in [2.24, 2.45) is 0 Å². The molecule has 3 aromatic carbocycles. The van der Waals surface area contributed by atoms with E-state index in [0.717, 1.165) is 27.3 Å². The second-order valence-electron chi connectivity index (χ2n) is 8.65. The first kappa shape index (κ1) is 25.9. The van der Waals surface area contributed by atoms with E-state index in [1.54, 1.807) is 26.0 Å². The lowest BCUT2D eigenvalue weighted by Crippen LogP contribution is -2.26. The van der Waals surface area contributed by atoms with E-state index in [4.69, 9.17) is 16.6 Å². The summed E-state index contributed by atoms with van der Waals surface area (Å²) >= 11 is 8.79. The summed E-state index contributed by atoms with van der Waals surface area (Å²) in [5.74, 6) is -1.16. The molecule has 1 amide bonds. The maximum Gasteiger partial charge on any atom is 0.319 e. The molecular formula is C28H25ClN2O3S2. The molecule has 0 unspecified atom stereocenters. The molecule has 0 aliphatic rings. The number of anilines is 1. The summed E-state index contributed by atoms with van der Waals surface area (Å²) in [5, 5.41) is 13.7. The first-order chi connectivity index (χ1) is 17.2. The molecule has 0 aliphatic heterocycles. The largest absolute Gasteiger partial charge is 0.480 e. The highest BCUT2D eigenvalue weighted by Crippen LogP contribution is 2.38. The molecule has 0 aliphatic carbocycles. The fraction of sp³-hybridized carbons (Fsp3) is 0.179. The highest BCUT2D eigenvalue weighted by Gasteiger charge is 2.28. The number of carbonyl (C=O) groups is 2. The first-order valence-electron chi connectivity index (χ1n) is 11.4. The van der Waals surface area contributed by atoms with Crippen LogP contribution in [-0.2, 0) is 11.2 Å². The zero-order valence-electron chi connectivity index (χ0n) is 20.0. The number of hydrogen-bond donors (Lipinski definition) is 2. The third-order valence-corrected chi connectivity index (χ3v) is 8.16. The number of benzene rings is 3. The van der Waals surface area contributed by atoms with Crippen LogP contribution >= 0.6 is 34.7 Å². The summed E-state index contributed by atoms with van der Waals surface area (Å²) in [6.45, 7) is 5.43. The number of thiazole rings is 1. The van der Waals surface area contributed by atoms with Gasteiger partial charge in [-0.25, -0.2) is 4.98 Å². The van der Waals surface area contributed by atoms with E-state index in [0.29, 0.717) is 21.4 Å². The van der Waals surface area contributed by atoms with E-state index in [9.17, 15) is 14.7 Å². The van der Waals surface area contributed by atoms with Gasteiger partial charge < -0.3 is 10.4 Å². The molecule has 0 spiro atoms. The number of carboxylic acids is 1. The van der Waals surface area contributed by atoms with Gasteiger partial charge in [0.05, 0.1) is 4.88 Å². The molecule has 1 aromatic heterocycles. The van der Waals surface area contributed by atoms with E-state index in [2.05, 4.69) is 12.2 Å². The van der Waals surface area contributed by atoms with Crippen LogP contribution in [0.2, 0.25) is 5.02 Å². The zero-order chi connectivity index (χ0) is 25.9. The number of aryl methyl sites for hydroxylation is 1. The van der Waals surface area contributed by atoms with Crippen molar-refractivity contribution >= 4 is 52.3 Å². The number of carbonyl (C=O) groups excluding carboxylic acids is 1. The van der Waals surface area contributed by atoms with Gasteiger partial charge in [-0.3, -0.25) is 9.59 Å². The fourth-order valence-electron chi connectivity index (χ4n) is 3.41. The average molecular weight is 537 g/mol. The van der Waals surface area contributed by atoms with Crippen molar-refractivity contribution in [3.8, 4) is 21.0 Å². The molecule has 0 radical (unpaired) electrons. The summed E-state index contributed by atoms with van der Waals surface area (Å²) in [5.41, 5.74) is 3.93. The van der Waals surface area contributed by atoms with Gasteiger partial charge in [-0.1, -0.05) is 54.9 Å². The van der Waals surface area contributed by atoms with Crippen LogP contribution in [0.5, 0.6) is 0 Å². The Morgan fingerprint density at radius 3 is 2.17 bits per heavy atom. The third kappa shape index (κ3) is 5.98. The number of hydrogen-bond acceptors (Lipinski definition) is 5. The third-order valence-electron chi connectivity index (χ3n) is 5.56. The van der Waals surface area contributed by atoms with Crippen LogP contribution in [0.15, 0.2) is 77.7 Å². The van der Waals surface area contributed by atoms with E-state index < -0.39 is 10.7 Å². The van der Waals surface area contributed by atoms with Crippen molar-refractivity contribution in [2.45, 2.75) is 36.8 Å². The summed E-state index contributed by atoms with van der Waals surface area (Å²) in [6, 6.07) is 22.6. The maximum absolute atomic E-state index is 13.3. The molecule has 36 heavy (non-hydrogen) atoms. The van der Waals surface area contributed by atoms with Crippen LogP contribution in [-0.4, -0.2) is 26.7 Å². The number of thioether (sulfide) groups is 1. The Labute approximate surface area is 223 Å². The van der Waals surface area contributed by atoms with Gasteiger partial charge in [-0.2, -0.15) is 0 Å². The van der Waals surface area contributed by atoms with Crippen molar-refractivity contribution in [1.29, 1.82) is 0 Å². The van der Waals surface area contributed by atoms with Crippen molar-refractivity contribution in [3.05, 3.63) is 89.1 Å². The van der Waals surface area contributed by atoms with E-state index in [1.165, 1.54) is 28.7 Å². The summed E-state index contributed by atoms with van der Waals surface area (Å²) in [6.07, 6.45) is 0.926. The number of rotatable bonds is 8. The Morgan fingerprint density at radius 2 is 1.58 bits per heavy atom. The molecule has 0 saturated carbocycles. The van der Waals surface area contributed by atoms with Crippen LogP contribution in [0.1, 0.15) is 36.8 Å². The van der Waals surface area contributed by atoms with E-state index in [-0.39, 0.29) is 5.91 Å². The molecule has 0 atom stereocenters. The van der Waals surface area contributed by atoms with Gasteiger partial charge in [0.1, 0.15) is 15.4 Å². The summed E-state index contributed by atoms with van der Waals surface area (Å²) in [4.78, 5) is 31.1. The first-order valence-corrected chi connectivity index (χ1v) is 13.4. The lowest BCUT2D eigenvalue weighted by Gasteiger charge is -2.18. The number of aliphatic carboxylic acids is 1. The van der Waals surface area contributed by atoms with Gasteiger partial charge in [-0.05, 0) is 67.8 Å². The number of nitrogens with one attached hydrogen (secondary N) is 1. The lowest BCUT2D eigenvalue weighted by molar-refractivity contribution is -0.138. The molecule has 184 valence electrons. The molecule has 8 heteroatoms. The van der Waals surface area contributed by atoms with Gasteiger partial charge in [0.2, 0.25) is 0 Å². The average Bonchev–Trinajstić information content (AvgIpc) is 3.31. The van der Waals surface area contributed by atoms with E-state index in [1.807, 2.05) is 60.7 Å². The van der Waals surface area contributed by atoms with Gasteiger partial charge >= 0.3 is 5.97 Å². The number of aromatic nitrogens is 1. The van der Waals surface area contributed by atoms with Crippen LogP contribution in [0.25, 0.3) is 21.0 Å². The predicted octanol–water partition coefficient (Wildman–Crippen LogP) is 7.90. The van der Waals surface area contributed by atoms with Crippen LogP contribution in [0.3, 0.4) is 0 Å².